The molecule has 0 saturated carbocycles. The molecule has 4 nitrogen and oxygen atoms in total. The van der Waals surface area contributed by atoms with Crippen LogP contribution in [0.15, 0.2) is 30.3 Å². The van der Waals surface area contributed by atoms with E-state index < -0.39 is 0 Å². The highest BCUT2D eigenvalue weighted by molar-refractivity contribution is 7.15. The van der Waals surface area contributed by atoms with E-state index in [0.29, 0.717) is 0 Å². The third-order valence-corrected chi connectivity index (χ3v) is 4.84. The number of aromatic nitrogens is 2. The summed E-state index contributed by atoms with van der Waals surface area (Å²) in [5.74, 6) is 0. The Morgan fingerprint density at radius 1 is 1.20 bits per heavy atom. The van der Waals surface area contributed by atoms with Crippen LogP contribution in [0.5, 0.6) is 0 Å². The number of hydrogen-bond donors (Lipinski definition) is 0. The molecule has 0 radical (unpaired) electrons. The van der Waals surface area contributed by atoms with Crippen LogP contribution in [0, 0.1) is 18.3 Å². The Kier molecular flexibility index (Phi) is 3.41. The van der Waals surface area contributed by atoms with E-state index in [0.717, 1.165) is 41.6 Å². The van der Waals surface area contributed by atoms with Crippen LogP contribution in [0.25, 0.3) is 0 Å². The van der Waals surface area contributed by atoms with E-state index in [1.54, 1.807) is 11.3 Å². The minimum absolute atomic E-state index is 0.350. The van der Waals surface area contributed by atoms with Crippen molar-refractivity contribution in [2.45, 2.75) is 25.2 Å². The first-order valence-electron chi connectivity index (χ1n) is 6.75. The standard InChI is InChI=1S/C15H16N4S/c1-12-17-18-14(20-12)19-9-7-15(11-16,8-10-19)13-5-3-2-4-6-13/h2-6H,7-10H2,1H3. The van der Waals surface area contributed by atoms with Gasteiger partial charge in [-0.3, -0.25) is 0 Å². The summed E-state index contributed by atoms with van der Waals surface area (Å²) >= 11 is 1.62. The molecule has 0 unspecified atom stereocenters. The fraction of sp³-hybridized carbons (Fsp3) is 0.400. The molecule has 2 heterocycles. The van der Waals surface area contributed by atoms with Crippen molar-refractivity contribution in [2.24, 2.45) is 0 Å². The Morgan fingerprint density at radius 3 is 2.45 bits per heavy atom. The van der Waals surface area contributed by atoms with Crippen molar-refractivity contribution in [3.05, 3.63) is 40.9 Å². The van der Waals surface area contributed by atoms with Crippen molar-refractivity contribution >= 4 is 16.5 Å². The van der Waals surface area contributed by atoms with Gasteiger partial charge in [0.05, 0.1) is 11.5 Å². The molecule has 0 aliphatic carbocycles. The Morgan fingerprint density at radius 2 is 1.90 bits per heavy atom. The van der Waals surface area contributed by atoms with Gasteiger partial charge in [-0.25, -0.2) is 0 Å². The Hall–Kier alpha value is -1.93. The first-order chi connectivity index (χ1) is 9.73. The largest absolute Gasteiger partial charge is 0.347 e. The summed E-state index contributed by atoms with van der Waals surface area (Å²) < 4.78 is 0. The highest BCUT2D eigenvalue weighted by Crippen LogP contribution is 2.36. The summed E-state index contributed by atoms with van der Waals surface area (Å²) in [4.78, 5) is 2.24. The lowest BCUT2D eigenvalue weighted by atomic mass is 9.74. The van der Waals surface area contributed by atoms with Crippen LogP contribution in [0.1, 0.15) is 23.4 Å². The molecule has 0 atom stereocenters. The van der Waals surface area contributed by atoms with Crippen LogP contribution >= 0.6 is 11.3 Å². The number of aryl methyl sites for hydroxylation is 1. The van der Waals surface area contributed by atoms with Crippen LogP contribution < -0.4 is 4.90 Å². The summed E-state index contributed by atoms with van der Waals surface area (Å²) in [5, 5.41) is 19.9. The van der Waals surface area contributed by atoms with Crippen LogP contribution in [0.4, 0.5) is 5.13 Å². The lowest BCUT2D eigenvalue weighted by Gasteiger charge is -2.37. The van der Waals surface area contributed by atoms with Crippen LogP contribution in [-0.2, 0) is 5.41 Å². The quantitative estimate of drug-likeness (QED) is 0.851. The van der Waals surface area contributed by atoms with Gasteiger partial charge in [0.15, 0.2) is 0 Å². The van der Waals surface area contributed by atoms with E-state index in [1.807, 2.05) is 25.1 Å². The van der Waals surface area contributed by atoms with Crippen molar-refractivity contribution in [3.8, 4) is 6.07 Å². The summed E-state index contributed by atoms with van der Waals surface area (Å²) in [5.41, 5.74) is 0.785. The molecule has 20 heavy (non-hydrogen) atoms. The Bertz CT molecular complexity index is 621. The number of benzene rings is 1. The number of nitriles is 1. The minimum atomic E-state index is -0.350. The number of piperidine rings is 1. The van der Waals surface area contributed by atoms with Gasteiger partial charge >= 0.3 is 0 Å². The SMILES string of the molecule is Cc1nnc(N2CCC(C#N)(c3ccccc3)CC2)s1. The molecule has 1 aromatic carbocycles. The van der Waals surface area contributed by atoms with Gasteiger partial charge in [-0.05, 0) is 25.3 Å². The molecule has 3 rings (SSSR count). The predicted octanol–water partition coefficient (Wildman–Crippen LogP) is 2.91. The van der Waals surface area contributed by atoms with Gasteiger partial charge in [0, 0.05) is 13.1 Å². The van der Waals surface area contributed by atoms with Gasteiger partial charge in [-0.2, -0.15) is 5.26 Å². The number of anilines is 1. The van der Waals surface area contributed by atoms with Gasteiger partial charge in [0.1, 0.15) is 5.01 Å². The monoisotopic (exact) mass is 284 g/mol. The average Bonchev–Trinajstić information content (AvgIpc) is 2.95. The third-order valence-electron chi connectivity index (χ3n) is 3.94. The number of rotatable bonds is 2. The molecule has 0 spiro atoms. The summed E-state index contributed by atoms with van der Waals surface area (Å²) in [6.07, 6.45) is 1.68. The smallest absolute Gasteiger partial charge is 0.208 e. The van der Waals surface area contributed by atoms with Crippen molar-refractivity contribution in [3.63, 3.8) is 0 Å². The van der Waals surface area contributed by atoms with Crippen molar-refractivity contribution in [2.75, 3.05) is 18.0 Å². The van der Waals surface area contributed by atoms with Crippen molar-refractivity contribution in [1.82, 2.24) is 10.2 Å². The van der Waals surface area contributed by atoms with Crippen LogP contribution in [0.2, 0.25) is 0 Å². The average molecular weight is 284 g/mol. The normalized spacial score (nSPS) is 17.7. The maximum Gasteiger partial charge on any atom is 0.208 e. The first kappa shape index (κ1) is 13.1. The van der Waals surface area contributed by atoms with Crippen molar-refractivity contribution < 1.29 is 0 Å². The fourth-order valence-corrected chi connectivity index (χ4v) is 3.46. The molecule has 1 saturated heterocycles. The van der Waals surface area contributed by atoms with Crippen LogP contribution in [-0.4, -0.2) is 23.3 Å². The molecular weight excluding hydrogens is 268 g/mol. The lowest BCUT2D eigenvalue weighted by Crippen LogP contribution is -2.42. The Balaban J connectivity index is 1.78. The summed E-state index contributed by atoms with van der Waals surface area (Å²) in [6, 6.07) is 12.7. The van der Waals surface area contributed by atoms with Gasteiger partial charge < -0.3 is 4.90 Å². The Labute approximate surface area is 122 Å². The minimum Gasteiger partial charge on any atom is -0.347 e. The molecule has 1 aromatic heterocycles. The highest BCUT2D eigenvalue weighted by Gasteiger charge is 2.37. The second-order valence-electron chi connectivity index (χ2n) is 5.15. The van der Waals surface area contributed by atoms with Gasteiger partial charge in [-0.15, -0.1) is 10.2 Å². The van der Waals surface area contributed by atoms with Gasteiger partial charge in [0.2, 0.25) is 5.13 Å². The number of nitrogens with zero attached hydrogens (tertiary/aromatic N) is 4. The van der Waals surface area contributed by atoms with E-state index in [9.17, 15) is 5.26 Å². The summed E-state index contributed by atoms with van der Waals surface area (Å²) in [6.45, 7) is 3.68. The molecule has 5 heteroatoms. The van der Waals surface area contributed by atoms with E-state index in [-0.39, 0.29) is 5.41 Å². The van der Waals surface area contributed by atoms with Gasteiger partial charge in [0.25, 0.3) is 0 Å². The molecule has 102 valence electrons. The molecular formula is C15H16N4S. The fourth-order valence-electron chi connectivity index (χ4n) is 2.72. The molecule has 2 aromatic rings. The van der Waals surface area contributed by atoms with E-state index in [2.05, 4.69) is 33.3 Å². The second-order valence-corrected chi connectivity index (χ2v) is 6.31. The first-order valence-corrected chi connectivity index (χ1v) is 7.57. The van der Waals surface area contributed by atoms with E-state index in [4.69, 9.17) is 0 Å². The van der Waals surface area contributed by atoms with Crippen molar-refractivity contribution in [1.29, 1.82) is 5.26 Å². The molecule has 0 amide bonds. The maximum atomic E-state index is 9.66. The zero-order valence-corrected chi connectivity index (χ0v) is 12.2. The highest BCUT2D eigenvalue weighted by atomic mass is 32.1. The van der Waals surface area contributed by atoms with Gasteiger partial charge in [-0.1, -0.05) is 41.7 Å². The summed E-state index contributed by atoms with van der Waals surface area (Å²) in [7, 11) is 0. The van der Waals surface area contributed by atoms with E-state index in [1.165, 1.54) is 0 Å². The molecule has 0 N–H and O–H groups in total. The molecule has 1 fully saturated rings. The maximum absolute atomic E-state index is 9.66. The zero-order valence-electron chi connectivity index (χ0n) is 11.4. The molecule has 1 aliphatic heterocycles. The van der Waals surface area contributed by atoms with Crippen LogP contribution in [0.3, 0.4) is 0 Å². The topological polar surface area (TPSA) is 52.8 Å². The predicted molar refractivity (Wildman–Crippen MR) is 79.8 cm³/mol. The zero-order chi connectivity index (χ0) is 14.0. The molecule has 1 aliphatic rings. The lowest BCUT2D eigenvalue weighted by molar-refractivity contribution is 0.415. The second kappa shape index (κ2) is 5.22. The third kappa shape index (κ3) is 2.27. The molecule has 0 bridgehead atoms. The van der Waals surface area contributed by atoms with E-state index >= 15 is 0 Å². The number of hydrogen-bond acceptors (Lipinski definition) is 5.